The molecule has 5 nitrogen and oxygen atoms in total. The molecule has 0 aromatic carbocycles. The van der Waals surface area contributed by atoms with Crippen LogP contribution in [-0.2, 0) is 4.79 Å². The molecular weight excluding hydrogens is 264 g/mol. The summed E-state index contributed by atoms with van der Waals surface area (Å²) in [5.41, 5.74) is -0.489. The first-order valence-electron chi connectivity index (χ1n) is 8.16. The van der Waals surface area contributed by atoms with Crippen molar-refractivity contribution in [2.24, 2.45) is 16.3 Å². The Morgan fingerprint density at radius 1 is 1.33 bits per heavy atom. The molecule has 21 heavy (non-hydrogen) atoms. The third-order valence-electron chi connectivity index (χ3n) is 4.10. The van der Waals surface area contributed by atoms with Crippen molar-refractivity contribution in [3.05, 3.63) is 0 Å². The molecule has 1 aliphatic rings. The Hall–Kier alpha value is -1.26. The van der Waals surface area contributed by atoms with E-state index in [0.29, 0.717) is 12.6 Å². The topological polar surface area (TPSA) is 65.5 Å². The first-order valence-corrected chi connectivity index (χ1v) is 8.16. The number of guanidine groups is 1. The summed E-state index contributed by atoms with van der Waals surface area (Å²) in [7, 11) is 1.67. The van der Waals surface area contributed by atoms with E-state index in [4.69, 9.17) is 0 Å². The molecule has 0 aliphatic heterocycles. The summed E-state index contributed by atoms with van der Waals surface area (Å²) in [6.07, 6.45) is 5.01. The number of hydrogen-bond donors (Lipinski definition) is 3. The molecule has 0 aromatic rings. The zero-order valence-corrected chi connectivity index (χ0v) is 14.3. The molecule has 2 atom stereocenters. The number of hydrogen-bond acceptors (Lipinski definition) is 2. The van der Waals surface area contributed by atoms with Crippen LogP contribution in [0.2, 0.25) is 0 Å². The van der Waals surface area contributed by atoms with Crippen molar-refractivity contribution in [2.75, 3.05) is 20.1 Å². The zero-order chi connectivity index (χ0) is 15.9. The average Bonchev–Trinajstić information content (AvgIpc) is 2.44. The highest BCUT2D eigenvalue weighted by atomic mass is 16.2. The van der Waals surface area contributed by atoms with Crippen LogP contribution in [0.1, 0.15) is 53.4 Å². The van der Waals surface area contributed by atoms with Crippen molar-refractivity contribution < 1.29 is 4.79 Å². The fourth-order valence-electron chi connectivity index (χ4n) is 2.77. The van der Waals surface area contributed by atoms with Gasteiger partial charge in [-0.3, -0.25) is 9.79 Å². The van der Waals surface area contributed by atoms with Gasteiger partial charge in [0.05, 0.1) is 12.0 Å². The maximum Gasteiger partial charge on any atom is 0.227 e. The lowest BCUT2D eigenvalue weighted by atomic mass is 9.87. The standard InChI is InChI=1S/C16H32N4O/c1-6-18-15(19-11-16(3,4)14(21)17-5)20-13-9-7-8-12(2)10-13/h12-13H,6-11H2,1-5H3,(H,17,21)(H2,18,19,20). The molecule has 1 amide bonds. The Morgan fingerprint density at radius 3 is 2.62 bits per heavy atom. The summed E-state index contributed by atoms with van der Waals surface area (Å²) >= 11 is 0. The van der Waals surface area contributed by atoms with Crippen LogP contribution in [0.3, 0.4) is 0 Å². The maximum absolute atomic E-state index is 11.8. The van der Waals surface area contributed by atoms with Gasteiger partial charge in [0.1, 0.15) is 0 Å². The van der Waals surface area contributed by atoms with Crippen molar-refractivity contribution in [2.45, 2.75) is 59.4 Å². The van der Waals surface area contributed by atoms with Crippen molar-refractivity contribution in [1.29, 1.82) is 0 Å². The van der Waals surface area contributed by atoms with E-state index < -0.39 is 5.41 Å². The fourth-order valence-corrected chi connectivity index (χ4v) is 2.77. The van der Waals surface area contributed by atoms with Crippen LogP contribution in [0, 0.1) is 11.3 Å². The molecule has 0 bridgehead atoms. The lowest BCUT2D eigenvalue weighted by Gasteiger charge is -2.29. The SMILES string of the molecule is CCNC(=NCC(C)(C)C(=O)NC)NC1CCCC(C)C1. The van der Waals surface area contributed by atoms with Gasteiger partial charge < -0.3 is 16.0 Å². The summed E-state index contributed by atoms with van der Waals surface area (Å²) in [5.74, 6) is 1.63. The Labute approximate surface area is 129 Å². The first kappa shape index (κ1) is 17.8. The van der Waals surface area contributed by atoms with Crippen LogP contribution in [0.25, 0.3) is 0 Å². The largest absolute Gasteiger partial charge is 0.359 e. The van der Waals surface area contributed by atoms with E-state index in [0.717, 1.165) is 18.4 Å². The first-order chi connectivity index (χ1) is 9.89. The smallest absolute Gasteiger partial charge is 0.227 e. The van der Waals surface area contributed by atoms with Gasteiger partial charge in [0.2, 0.25) is 5.91 Å². The summed E-state index contributed by atoms with van der Waals surface area (Å²) in [6.45, 7) is 9.51. The minimum atomic E-state index is -0.489. The van der Waals surface area contributed by atoms with Crippen LogP contribution < -0.4 is 16.0 Å². The quantitative estimate of drug-likeness (QED) is 0.536. The second-order valence-electron chi connectivity index (χ2n) is 6.77. The number of amides is 1. The molecule has 0 radical (unpaired) electrons. The lowest BCUT2D eigenvalue weighted by Crippen LogP contribution is -2.46. The third kappa shape index (κ3) is 5.94. The molecule has 122 valence electrons. The average molecular weight is 296 g/mol. The van der Waals surface area contributed by atoms with Gasteiger partial charge >= 0.3 is 0 Å². The van der Waals surface area contributed by atoms with E-state index in [9.17, 15) is 4.79 Å². The molecule has 5 heteroatoms. The highest BCUT2D eigenvalue weighted by molar-refractivity contribution is 5.83. The number of nitrogens with zero attached hydrogens (tertiary/aromatic N) is 1. The molecule has 3 N–H and O–H groups in total. The number of nitrogens with one attached hydrogen (secondary N) is 3. The Morgan fingerprint density at radius 2 is 2.05 bits per heavy atom. The van der Waals surface area contributed by atoms with E-state index in [-0.39, 0.29) is 5.91 Å². The second-order valence-corrected chi connectivity index (χ2v) is 6.77. The van der Waals surface area contributed by atoms with E-state index >= 15 is 0 Å². The van der Waals surface area contributed by atoms with Crippen LogP contribution in [-0.4, -0.2) is 38.0 Å². The summed E-state index contributed by atoms with van der Waals surface area (Å²) in [6, 6.07) is 0.495. The Balaban J connectivity index is 2.63. The molecule has 0 aromatic heterocycles. The predicted molar refractivity (Wildman–Crippen MR) is 88.4 cm³/mol. The van der Waals surface area contributed by atoms with Gasteiger partial charge in [-0.25, -0.2) is 0 Å². The zero-order valence-electron chi connectivity index (χ0n) is 14.3. The minimum absolute atomic E-state index is 0.0217. The van der Waals surface area contributed by atoms with Crippen molar-refractivity contribution >= 4 is 11.9 Å². The van der Waals surface area contributed by atoms with Crippen LogP contribution >= 0.6 is 0 Å². The van der Waals surface area contributed by atoms with Crippen LogP contribution in [0.15, 0.2) is 4.99 Å². The Bertz CT molecular complexity index is 365. The Kier molecular flexibility index (Phi) is 6.99. The maximum atomic E-state index is 11.8. The number of aliphatic imine (C=N–C) groups is 1. The molecule has 1 rings (SSSR count). The summed E-state index contributed by atoms with van der Waals surface area (Å²) in [5, 5.41) is 9.50. The van der Waals surface area contributed by atoms with Gasteiger partial charge in [0.25, 0.3) is 0 Å². The van der Waals surface area contributed by atoms with Gasteiger partial charge in [0.15, 0.2) is 5.96 Å². The van der Waals surface area contributed by atoms with Crippen molar-refractivity contribution in [3.8, 4) is 0 Å². The van der Waals surface area contributed by atoms with E-state index in [1.807, 2.05) is 13.8 Å². The van der Waals surface area contributed by atoms with E-state index in [1.54, 1.807) is 7.05 Å². The van der Waals surface area contributed by atoms with E-state index in [1.165, 1.54) is 25.7 Å². The molecule has 0 heterocycles. The van der Waals surface area contributed by atoms with Gasteiger partial charge in [0, 0.05) is 19.6 Å². The van der Waals surface area contributed by atoms with E-state index in [2.05, 4.69) is 34.8 Å². The molecule has 1 aliphatic carbocycles. The van der Waals surface area contributed by atoms with Gasteiger partial charge in [-0.15, -0.1) is 0 Å². The van der Waals surface area contributed by atoms with Gasteiger partial charge in [-0.05, 0) is 39.5 Å². The highest BCUT2D eigenvalue weighted by Crippen LogP contribution is 2.23. The highest BCUT2D eigenvalue weighted by Gasteiger charge is 2.26. The second kappa shape index (κ2) is 8.25. The van der Waals surface area contributed by atoms with Crippen LogP contribution in [0.4, 0.5) is 0 Å². The molecule has 0 saturated heterocycles. The molecule has 2 unspecified atom stereocenters. The van der Waals surface area contributed by atoms with Gasteiger partial charge in [-0.2, -0.15) is 0 Å². The fraction of sp³-hybridized carbons (Fsp3) is 0.875. The number of rotatable bonds is 5. The van der Waals surface area contributed by atoms with Crippen LogP contribution in [0.5, 0.6) is 0 Å². The summed E-state index contributed by atoms with van der Waals surface area (Å²) in [4.78, 5) is 16.4. The third-order valence-corrected chi connectivity index (χ3v) is 4.10. The lowest BCUT2D eigenvalue weighted by molar-refractivity contribution is -0.128. The molecule has 0 spiro atoms. The van der Waals surface area contributed by atoms with Gasteiger partial charge in [-0.1, -0.05) is 19.8 Å². The van der Waals surface area contributed by atoms with Crippen molar-refractivity contribution in [1.82, 2.24) is 16.0 Å². The predicted octanol–water partition coefficient (Wildman–Crippen LogP) is 1.89. The minimum Gasteiger partial charge on any atom is -0.359 e. The van der Waals surface area contributed by atoms with Crippen molar-refractivity contribution in [3.63, 3.8) is 0 Å². The molecular formula is C16H32N4O. The molecule has 1 fully saturated rings. The normalized spacial score (nSPS) is 23.6. The number of carbonyl (C=O) groups excluding carboxylic acids is 1. The monoisotopic (exact) mass is 296 g/mol. The summed E-state index contributed by atoms with van der Waals surface area (Å²) < 4.78 is 0. The number of carbonyl (C=O) groups is 1. The molecule has 1 saturated carbocycles.